The van der Waals surface area contributed by atoms with Crippen LogP contribution in [0.15, 0.2) is 38.8 Å². The quantitative estimate of drug-likeness (QED) is 0.575. The molecule has 0 bridgehead atoms. The van der Waals surface area contributed by atoms with Crippen LogP contribution in [0, 0.1) is 5.92 Å². The van der Waals surface area contributed by atoms with E-state index in [1.807, 2.05) is 12.1 Å². The van der Waals surface area contributed by atoms with Crippen molar-refractivity contribution in [3.8, 4) is 5.75 Å². The van der Waals surface area contributed by atoms with Crippen LogP contribution in [0.5, 0.6) is 5.75 Å². The van der Waals surface area contributed by atoms with Gasteiger partial charge in [-0.15, -0.1) is 0 Å². The summed E-state index contributed by atoms with van der Waals surface area (Å²) in [5.74, 6) is 1.32. The molecule has 1 nitrogen and oxygen atoms in total. The number of hydrogen-bond donors (Lipinski definition) is 0. The second-order valence-electron chi connectivity index (χ2n) is 7.52. The molecule has 23 heavy (non-hydrogen) atoms. The second kappa shape index (κ2) is 6.71. The fourth-order valence-corrected chi connectivity index (χ4v) is 6.13. The molecule has 1 aromatic rings. The van der Waals surface area contributed by atoms with Gasteiger partial charge in [-0.25, -0.2) is 0 Å². The molecule has 1 unspecified atom stereocenters. The van der Waals surface area contributed by atoms with Crippen LogP contribution in [-0.2, 0) is 23.2 Å². The number of allylic oxidation sites excluding steroid dienone is 4. The third kappa shape index (κ3) is 3.90. The number of rotatable bonds is 3. The molecule has 0 aromatic heterocycles. The summed E-state index contributed by atoms with van der Waals surface area (Å²) in [7, 11) is 0. The topological polar surface area (TPSA) is 9.23 Å². The zero-order valence-electron chi connectivity index (χ0n) is 15.3. The first-order chi connectivity index (χ1) is 10.5. The van der Waals surface area contributed by atoms with Crippen molar-refractivity contribution in [2.45, 2.75) is 53.9 Å². The van der Waals surface area contributed by atoms with E-state index in [1.165, 1.54) is 26.2 Å². The maximum absolute atomic E-state index is 6.34. The fourth-order valence-electron chi connectivity index (χ4n) is 3.07. The van der Waals surface area contributed by atoms with Crippen LogP contribution in [0.2, 0.25) is 5.02 Å². The first-order valence-corrected chi connectivity index (χ1v) is 11.0. The molecule has 0 aliphatic heterocycles. The zero-order chi connectivity index (χ0) is 17.5. The molecule has 1 aliphatic carbocycles. The van der Waals surface area contributed by atoms with Crippen molar-refractivity contribution in [3.63, 3.8) is 0 Å². The van der Waals surface area contributed by atoms with Crippen molar-refractivity contribution < 1.29 is 21.1 Å². The summed E-state index contributed by atoms with van der Waals surface area (Å²) in [5.41, 5.74) is 5.50. The predicted octanol–water partition coefficient (Wildman–Crippen LogP) is 6.24. The average Bonchev–Trinajstić information content (AvgIpc) is 2.61. The van der Waals surface area contributed by atoms with Crippen LogP contribution in [0.4, 0.5) is 0 Å². The molecular formula is C20H27ClOTi. The van der Waals surface area contributed by atoms with Crippen molar-refractivity contribution in [2.24, 2.45) is 5.92 Å². The van der Waals surface area contributed by atoms with Crippen molar-refractivity contribution in [2.75, 3.05) is 0 Å². The zero-order valence-corrected chi connectivity index (χ0v) is 17.6. The normalized spacial score (nSPS) is 18.7. The van der Waals surface area contributed by atoms with E-state index in [9.17, 15) is 0 Å². The first-order valence-electron chi connectivity index (χ1n) is 8.09. The molecule has 0 saturated carbocycles. The van der Waals surface area contributed by atoms with E-state index in [2.05, 4.69) is 59.3 Å². The standard InChI is InChI=1S/C10H13ClO.C9H13.CH2.Ti/c1-10(2,3)7-4-8(11)6-9(12)5-7;1-6-5-7(2)9(4)8(6)3;;/h4-6,12H,1-3H3;6H,1-4H3;1H2;/q;;;+1/p-1. The molecule has 0 radical (unpaired) electrons. The number of halogens is 1. The predicted molar refractivity (Wildman–Crippen MR) is 98.1 cm³/mol. The summed E-state index contributed by atoms with van der Waals surface area (Å²) >= 11 is 4.25. The van der Waals surface area contributed by atoms with Gasteiger partial charge in [-0.2, -0.15) is 0 Å². The third-order valence-electron chi connectivity index (χ3n) is 4.92. The Kier molecular flexibility index (Phi) is 5.46. The fraction of sp³-hybridized carbons (Fsp3) is 0.450. The summed E-state index contributed by atoms with van der Waals surface area (Å²) in [6, 6.07) is 6.06. The molecule has 0 N–H and O–H groups in total. The maximum atomic E-state index is 6.34. The van der Waals surface area contributed by atoms with Gasteiger partial charge in [-0.05, 0) is 0 Å². The Labute approximate surface area is 152 Å². The van der Waals surface area contributed by atoms with Gasteiger partial charge in [-0.3, -0.25) is 0 Å². The molecule has 2 rings (SSSR count). The van der Waals surface area contributed by atoms with Gasteiger partial charge < -0.3 is 0 Å². The number of hydrogen-bond acceptors (Lipinski definition) is 1. The molecule has 124 valence electrons. The van der Waals surface area contributed by atoms with E-state index in [-0.39, 0.29) is 5.41 Å². The monoisotopic (exact) mass is 366 g/mol. The van der Waals surface area contributed by atoms with Gasteiger partial charge in [0.25, 0.3) is 0 Å². The molecule has 3 heteroatoms. The molecule has 0 amide bonds. The van der Waals surface area contributed by atoms with E-state index in [1.54, 1.807) is 0 Å². The molecule has 1 atom stereocenters. The summed E-state index contributed by atoms with van der Waals surface area (Å²) in [6.07, 6.45) is 0. The molecule has 1 aromatic carbocycles. The van der Waals surface area contributed by atoms with Crippen LogP contribution in [0.3, 0.4) is 0 Å². The Bertz CT molecular complexity index is 720. The molecule has 0 spiro atoms. The molecule has 1 aliphatic rings. The third-order valence-corrected chi connectivity index (χ3v) is 8.09. The van der Waals surface area contributed by atoms with Crippen LogP contribution in [0.1, 0.15) is 54.0 Å². The Balaban J connectivity index is 2.31. The number of benzene rings is 1. The summed E-state index contributed by atoms with van der Waals surface area (Å²) < 4.78 is 7.78. The van der Waals surface area contributed by atoms with Gasteiger partial charge in [0.1, 0.15) is 0 Å². The molecule has 0 heterocycles. The SMILES string of the molecule is [CH2]=[Ti]([O]c1cc(Cl)cc(C(C)(C)C)c1)[C]1=C(C)C(C)=C(C)C1C. The summed E-state index contributed by atoms with van der Waals surface area (Å²) in [4.78, 5) is 4.42. The van der Waals surface area contributed by atoms with Gasteiger partial charge in [0.15, 0.2) is 0 Å². The minimum atomic E-state index is -2.05. The van der Waals surface area contributed by atoms with Gasteiger partial charge in [0.2, 0.25) is 0 Å². The first kappa shape index (κ1) is 18.7. The van der Waals surface area contributed by atoms with E-state index in [0.717, 1.165) is 10.8 Å². The van der Waals surface area contributed by atoms with E-state index < -0.39 is 17.8 Å². The Hall–Kier alpha value is -0.626. The van der Waals surface area contributed by atoms with Crippen LogP contribution in [-0.4, -0.2) is 4.82 Å². The van der Waals surface area contributed by atoms with Crippen molar-refractivity contribution in [3.05, 3.63) is 49.4 Å². The van der Waals surface area contributed by atoms with Gasteiger partial charge in [0, 0.05) is 0 Å². The average molecular weight is 367 g/mol. The van der Waals surface area contributed by atoms with Gasteiger partial charge in [-0.1, -0.05) is 0 Å². The van der Waals surface area contributed by atoms with E-state index in [4.69, 9.17) is 14.9 Å². The van der Waals surface area contributed by atoms with Crippen LogP contribution >= 0.6 is 11.6 Å². The van der Waals surface area contributed by atoms with Crippen molar-refractivity contribution >= 4 is 16.4 Å². The minimum absolute atomic E-state index is 0.0505. The molecule has 0 saturated heterocycles. The van der Waals surface area contributed by atoms with E-state index in [0.29, 0.717) is 5.92 Å². The van der Waals surface area contributed by atoms with E-state index >= 15 is 0 Å². The molecule has 0 fully saturated rings. The van der Waals surface area contributed by atoms with Gasteiger partial charge in [0.05, 0.1) is 0 Å². The van der Waals surface area contributed by atoms with Crippen LogP contribution in [0.25, 0.3) is 0 Å². The Morgan fingerprint density at radius 2 is 1.70 bits per heavy atom. The Morgan fingerprint density at radius 1 is 1.09 bits per heavy atom. The summed E-state index contributed by atoms with van der Waals surface area (Å²) in [6.45, 7) is 15.5. The van der Waals surface area contributed by atoms with Gasteiger partial charge >= 0.3 is 152 Å². The second-order valence-corrected chi connectivity index (χ2v) is 10.4. The summed E-state index contributed by atoms with van der Waals surface area (Å²) in [5, 5.41) is 0.731. The van der Waals surface area contributed by atoms with Crippen molar-refractivity contribution in [1.82, 2.24) is 0 Å². The van der Waals surface area contributed by atoms with Crippen LogP contribution < -0.4 is 3.32 Å². The Morgan fingerprint density at radius 3 is 2.17 bits per heavy atom. The molecular weight excluding hydrogens is 340 g/mol. The van der Waals surface area contributed by atoms with Crippen molar-refractivity contribution in [1.29, 1.82) is 0 Å².